The Morgan fingerprint density at radius 1 is 1.16 bits per heavy atom. The molecule has 1 aromatic carbocycles. The highest BCUT2D eigenvalue weighted by molar-refractivity contribution is 5.91. The minimum absolute atomic E-state index is 0.0451. The number of amides is 3. The molecule has 0 aliphatic rings. The van der Waals surface area contributed by atoms with Crippen molar-refractivity contribution in [2.45, 2.75) is 32.7 Å². The number of pyridine rings is 1. The Labute approximate surface area is 148 Å². The lowest BCUT2D eigenvalue weighted by atomic mass is 10.0. The van der Waals surface area contributed by atoms with Gasteiger partial charge in [-0.25, -0.2) is 4.79 Å². The predicted octanol–water partition coefficient (Wildman–Crippen LogP) is 3.11. The number of aromatic nitrogens is 1. The summed E-state index contributed by atoms with van der Waals surface area (Å²) in [7, 11) is 0. The number of anilines is 1. The first-order valence-corrected chi connectivity index (χ1v) is 8.40. The van der Waals surface area contributed by atoms with Crippen molar-refractivity contribution in [1.29, 1.82) is 0 Å². The summed E-state index contributed by atoms with van der Waals surface area (Å²) in [5.41, 5.74) is 7.64. The van der Waals surface area contributed by atoms with E-state index < -0.39 is 5.91 Å². The SMILES string of the molecule is CC[C@H](c1ccncc1)N(CC)C(=O)Nc1ccccc1CC(N)=O. The summed E-state index contributed by atoms with van der Waals surface area (Å²) in [6, 6.07) is 10.8. The zero-order valence-electron chi connectivity index (χ0n) is 14.6. The van der Waals surface area contributed by atoms with E-state index in [4.69, 9.17) is 5.73 Å². The van der Waals surface area contributed by atoms with Crippen molar-refractivity contribution in [3.05, 3.63) is 59.9 Å². The number of nitrogens with two attached hydrogens (primary N) is 1. The van der Waals surface area contributed by atoms with Gasteiger partial charge in [-0.1, -0.05) is 25.1 Å². The van der Waals surface area contributed by atoms with E-state index in [-0.39, 0.29) is 18.5 Å². The fraction of sp³-hybridized carbons (Fsp3) is 0.316. The fourth-order valence-electron chi connectivity index (χ4n) is 2.90. The minimum Gasteiger partial charge on any atom is -0.369 e. The largest absolute Gasteiger partial charge is 0.369 e. The normalized spacial score (nSPS) is 11.6. The number of benzene rings is 1. The molecular formula is C19H24N4O2. The van der Waals surface area contributed by atoms with Crippen molar-refractivity contribution in [3.8, 4) is 0 Å². The Balaban J connectivity index is 2.22. The number of carbonyl (C=O) groups excluding carboxylic acids is 2. The Morgan fingerprint density at radius 2 is 1.84 bits per heavy atom. The number of carbonyl (C=O) groups is 2. The van der Waals surface area contributed by atoms with Gasteiger partial charge in [-0.15, -0.1) is 0 Å². The average molecular weight is 340 g/mol. The number of nitrogens with one attached hydrogen (secondary N) is 1. The smallest absolute Gasteiger partial charge is 0.322 e. The van der Waals surface area contributed by atoms with Gasteiger partial charge in [0.15, 0.2) is 0 Å². The maximum absolute atomic E-state index is 12.8. The maximum atomic E-state index is 12.8. The number of primary amides is 1. The number of rotatable bonds is 7. The number of hydrogen-bond donors (Lipinski definition) is 2. The summed E-state index contributed by atoms with van der Waals surface area (Å²) in [4.78, 5) is 29.9. The molecule has 6 heteroatoms. The van der Waals surface area contributed by atoms with Gasteiger partial charge in [-0.05, 0) is 42.7 Å². The summed E-state index contributed by atoms with van der Waals surface area (Å²) >= 11 is 0. The van der Waals surface area contributed by atoms with Crippen LogP contribution < -0.4 is 11.1 Å². The summed E-state index contributed by atoms with van der Waals surface area (Å²) in [5, 5.41) is 2.92. The van der Waals surface area contributed by atoms with E-state index in [9.17, 15) is 9.59 Å². The molecule has 0 radical (unpaired) electrons. The molecule has 0 saturated heterocycles. The Morgan fingerprint density at radius 3 is 2.44 bits per heavy atom. The molecule has 25 heavy (non-hydrogen) atoms. The van der Waals surface area contributed by atoms with E-state index in [1.165, 1.54) is 0 Å². The number of nitrogens with zero attached hydrogens (tertiary/aromatic N) is 2. The highest BCUT2D eigenvalue weighted by atomic mass is 16.2. The second-order valence-corrected chi connectivity index (χ2v) is 5.72. The van der Waals surface area contributed by atoms with Crippen LogP contribution in [0.15, 0.2) is 48.8 Å². The van der Waals surface area contributed by atoms with E-state index in [1.807, 2.05) is 38.1 Å². The van der Waals surface area contributed by atoms with Crippen LogP contribution in [0.1, 0.15) is 37.4 Å². The molecule has 3 N–H and O–H groups in total. The highest BCUT2D eigenvalue weighted by Gasteiger charge is 2.23. The van der Waals surface area contributed by atoms with Crippen molar-refractivity contribution in [3.63, 3.8) is 0 Å². The third-order valence-corrected chi connectivity index (χ3v) is 4.08. The first-order valence-electron chi connectivity index (χ1n) is 8.40. The van der Waals surface area contributed by atoms with Gasteiger partial charge in [-0.2, -0.15) is 0 Å². The Bertz CT molecular complexity index is 718. The molecule has 0 aliphatic carbocycles. The van der Waals surface area contributed by atoms with Crippen LogP contribution in [0, 0.1) is 0 Å². The number of hydrogen-bond acceptors (Lipinski definition) is 3. The van der Waals surface area contributed by atoms with Gasteiger partial charge in [0.25, 0.3) is 0 Å². The lowest BCUT2D eigenvalue weighted by Gasteiger charge is -2.31. The minimum atomic E-state index is -0.433. The third-order valence-electron chi connectivity index (χ3n) is 4.08. The van der Waals surface area contributed by atoms with Crippen LogP contribution in [-0.2, 0) is 11.2 Å². The van der Waals surface area contributed by atoms with Gasteiger partial charge in [0.2, 0.25) is 5.91 Å². The first-order chi connectivity index (χ1) is 12.1. The van der Waals surface area contributed by atoms with Gasteiger partial charge in [0, 0.05) is 24.6 Å². The van der Waals surface area contributed by atoms with Gasteiger partial charge in [-0.3, -0.25) is 9.78 Å². The van der Waals surface area contributed by atoms with Crippen molar-refractivity contribution >= 4 is 17.6 Å². The molecule has 1 atom stereocenters. The molecule has 132 valence electrons. The van der Waals surface area contributed by atoms with Crippen LogP contribution in [-0.4, -0.2) is 28.4 Å². The van der Waals surface area contributed by atoms with Crippen LogP contribution in [0.2, 0.25) is 0 Å². The molecule has 1 heterocycles. The van der Waals surface area contributed by atoms with E-state index >= 15 is 0 Å². The predicted molar refractivity (Wildman–Crippen MR) is 98.0 cm³/mol. The molecule has 3 amide bonds. The van der Waals surface area contributed by atoms with Crippen molar-refractivity contribution in [2.75, 3.05) is 11.9 Å². The maximum Gasteiger partial charge on any atom is 0.322 e. The molecule has 6 nitrogen and oxygen atoms in total. The molecule has 0 spiro atoms. The summed E-state index contributed by atoms with van der Waals surface area (Å²) in [5.74, 6) is -0.433. The molecule has 0 fully saturated rings. The molecule has 0 aliphatic heterocycles. The van der Waals surface area contributed by atoms with Crippen molar-refractivity contribution < 1.29 is 9.59 Å². The standard InChI is InChI=1S/C19H24N4O2/c1-3-17(14-9-11-21-12-10-14)23(4-2)19(25)22-16-8-6-5-7-15(16)13-18(20)24/h5-12,17H,3-4,13H2,1-2H3,(H2,20,24)(H,22,25)/t17-/m1/s1. The number of para-hydroxylation sites is 1. The molecule has 2 aromatic rings. The molecule has 0 bridgehead atoms. The van der Waals surface area contributed by atoms with Crippen molar-refractivity contribution in [2.24, 2.45) is 5.73 Å². The number of urea groups is 1. The molecular weight excluding hydrogens is 316 g/mol. The van der Waals surface area contributed by atoms with E-state index in [0.717, 1.165) is 12.0 Å². The van der Waals surface area contributed by atoms with Crippen LogP contribution in [0.25, 0.3) is 0 Å². The molecule has 1 aromatic heterocycles. The van der Waals surface area contributed by atoms with Crippen LogP contribution in [0.5, 0.6) is 0 Å². The van der Waals surface area contributed by atoms with Crippen LogP contribution in [0.3, 0.4) is 0 Å². The zero-order chi connectivity index (χ0) is 18.2. The Kier molecular flexibility index (Phi) is 6.51. The molecule has 0 unspecified atom stereocenters. The van der Waals surface area contributed by atoms with Gasteiger partial charge >= 0.3 is 6.03 Å². The fourth-order valence-corrected chi connectivity index (χ4v) is 2.90. The zero-order valence-corrected chi connectivity index (χ0v) is 14.6. The molecule has 0 saturated carbocycles. The second kappa shape index (κ2) is 8.82. The summed E-state index contributed by atoms with van der Waals surface area (Å²) < 4.78 is 0. The van der Waals surface area contributed by atoms with E-state index in [2.05, 4.69) is 10.3 Å². The van der Waals surface area contributed by atoms with Gasteiger partial charge < -0.3 is 16.0 Å². The quantitative estimate of drug-likeness (QED) is 0.811. The average Bonchev–Trinajstić information content (AvgIpc) is 2.61. The van der Waals surface area contributed by atoms with Crippen molar-refractivity contribution in [1.82, 2.24) is 9.88 Å². The monoisotopic (exact) mass is 340 g/mol. The summed E-state index contributed by atoms with van der Waals surface area (Å²) in [6.45, 7) is 4.55. The Hall–Kier alpha value is -2.89. The first kappa shape index (κ1) is 18.4. The van der Waals surface area contributed by atoms with E-state index in [0.29, 0.717) is 17.8 Å². The lowest BCUT2D eigenvalue weighted by molar-refractivity contribution is -0.117. The summed E-state index contributed by atoms with van der Waals surface area (Å²) in [6.07, 6.45) is 4.33. The lowest BCUT2D eigenvalue weighted by Crippen LogP contribution is -2.38. The third kappa shape index (κ3) is 4.79. The highest BCUT2D eigenvalue weighted by Crippen LogP contribution is 2.25. The van der Waals surface area contributed by atoms with Crippen LogP contribution in [0.4, 0.5) is 10.5 Å². The van der Waals surface area contributed by atoms with Crippen LogP contribution >= 0.6 is 0 Å². The molecule has 2 rings (SSSR count). The second-order valence-electron chi connectivity index (χ2n) is 5.72. The van der Waals surface area contributed by atoms with Gasteiger partial charge in [0.1, 0.15) is 0 Å². The van der Waals surface area contributed by atoms with E-state index in [1.54, 1.807) is 29.4 Å². The topological polar surface area (TPSA) is 88.3 Å². The van der Waals surface area contributed by atoms with Gasteiger partial charge in [0.05, 0.1) is 12.5 Å².